The highest BCUT2D eigenvalue weighted by Crippen LogP contribution is 2.25. The molecule has 2 heterocycles. The molecule has 0 saturated heterocycles. The van der Waals surface area contributed by atoms with Crippen LogP contribution in [0.4, 0.5) is 22.1 Å². The molecular weight excluding hydrogens is 382 g/mol. The number of hydrogen-bond donors (Lipinski definition) is 2. The maximum absolute atomic E-state index is 12.4. The van der Waals surface area contributed by atoms with Crippen LogP contribution in [-0.2, 0) is 4.74 Å². The summed E-state index contributed by atoms with van der Waals surface area (Å²) in [6.45, 7) is 9.41. The molecule has 158 valence electrons. The number of aromatic nitrogens is 3. The number of ether oxygens (including phenoxy) is 1. The van der Waals surface area contributed by atoms with Gasteiger partial charge in [-0.1, -0.05) is 19.1 Å². The van der Waals surface area contributed by atoms with Gasteiger partial charge in [0.05, 0.1) is 11.4 Å². The molecular formula is C22H27N5O3. The molecule has 0 aliphatic carbocycles. The van der Waals surface area contributed by atoms with Crippen molar-refractivity contribution in [3.8, 4) is 0 Å². The van der Waals surface area contributed by atoms with Crippen molar-refractivity contribution in [3.63, 3.8) is 0 Å². The van der Waals surface area contributed by atoms with Gasteiger partial charge in [0, 0.05) is 23.7 Å². The third-order valence-corrected chi connectivity index (χ3v) is 4.51. The first-order valence-corrected chi connectivity index (χ1v) is 9.92. The fourth-order valence-corrected chi connectivity index (χ4v) is 2.94. The van der Waals surface area contributed by atoms with Crippen molar-refractivity contribution in [1.29, 1.82) is 0 Å². The summed E-state index contributed by atoms with van der Waals surface area (Å²) in [4.78, 5) is 33.5. The zero-order chi connectivity index (χ0) is 21.9. The molecule has 0 aliphatic rings. The van der Waals surface area contributed by atoms with Crippen LogP contribution in [0.5, 0.6) is 0 Å². The minimum Gasteiger partial charge on any atom is -0.444 e. The Morgan fingerprint density at radius 3 is 2.53 bits per heavy atom. The highest BCUT2D eigenvalue weighted by Gasteiger charge is 2.17. The first-order chi connectivity index (χ1) is 14.2. The van der Waals surface area contributed by atoms with Gasteiger partial charge in [-0.25, -0.2) is 9.78 Å². The molecule has 1 amide bonds. The van der Waals surface area contributed by atoms with E-state index in [0.717, 1.165) is 11.8 Å². The van der Waals surface area contributed by atoms with Crippen LogP contribution in [0.25, 0.3) is 11.0 Å². The van der Waals surface area contributed by atoms with Crippen molar-refractivity contribution in [3.05, 3.63) is 52.9 Å². The molecule has 0 bridgehead atoms. The number of carbonyl (C=O) groups is 1. The van der Waals surface area contributed by atoms with Gasteiger partial charge in [0.15, 0.2) is 0 Å². The van der Waals surface area contributed by atoms with E-state index in [2.05, 4.69) is 20.6 Å². The molecule has 8 nitrogen and oxygen atoms in total. The summed E-state index contributed by atoms with van der Waals surface area (Å²) in [7, 11) is 0. The molecule has 2 N–H and O–H groups in total. The molecule has 3 aromatic rings. The molecule has 0 saturated carbocycles. The number of nitrogens with one attached hydrogen (secondary N) is 2. The molecule has 1 unspecified atom stereocenters. The van der Waals surface area contributed by atoms with Crippen molar-refractivity contribution >= 4 is 34.4 Å². The normalized spacial score (nSPS) is 12.4. The van der Waals surface area contributed by atoms with Crippen molar-refractivity contribution in [2.75, 3.05) is 10.6 Å². The van der Waals surface area contributed by atoms with E-state index in [1.807, 2.05) is 19.9 Å². The fraction of sp³-hybridized carbons (Fsp3) is 0.364. The van der Waals surface area contributed by atoms with E-state index in [1.54, 1.807) is 55.8 Å². The molecule has 0 fully saturated rings. The Labute approximate surface area is 175 Å². The first kappa shape index (κ1) is 21.3. The van der Waals surface area contributed by atoms with Crippen molar-refractivity contribution in [2.45, 2.75) is 52.7 Å². The Kier molecular flexibility index (Phi) is 6.05. The largest absolute Gasteiger partial charge is 0.444 e. The topological polar surface area (TPSA) is 98.1 Å². The van der Waals surface area contributed by atoms with Crippen molar-refractivity contribution in [2.24, 2.45) is 0 Å². The summed E-state index contributed by atoms with van der Waals surface area (Å²) < 4.78 is 7.00. The Morgan fingerprint density at radius 1 is 1.17 bits per heavy atom. The number of nitrogens with zero attached hydrogens (tertiary/aromatic N) is 3. The van der Waals surface area contributed by atoms with Gasteiger partial charge in [0.2, 0.25) is 5.95 Å². The Morgan fingerprint density at radius 2 is 1.87 bits per heavy atom. The SMILES string of the molecule is CCC(C)n1c(=O)ccc2cnc(Nc3ccccc3NC(=O)OC(C)(C)C)nc21. The smallest absolute Gasteiger partial charge is 0.412 e. The second kappa shape index (κ2) is 8.52. The lowest BCUT2D eigenvalue weighted by molar-refractivity contribution is 0.0636. The molecule has 0 aliphatic heterocycles. The van der Waals surface area contributed by atoms with Crippen LogP contribution in [0.2, 0.25) is 0 Å². The zero-order valence-electron chi connectivity index (χ0n) is 17.9. The molecule has 2 aromatic heterocycles. The van der Waals surface area contributed by atoms with E-state index in [1.165, 1.54) is 6.07 Å². The van der Waals surface area contributed by atoms with Crippen LogP contribution in [0.3, 0.4) is 0 Å². The van der Waals surface area contributed by atoms with Crippen LogP contribution < -0.4 is 16.2 Å². The van der Waals surface area contributed by atoms with Crippen LogP contribution in [-0.4, -0.2) is 26.2 Å². The average Bonchev–Trinajstić information content (AvgIpc) is 2.67. The quantitative estimate of drug-likeness (QED) is 0.625. The number of rotatable bonds is 5. The molecule has 1 aromatic carbocycles. The second-order valence-electron chi connectivity index (χ2n) is 8.07. The number of benzene rings is 1. The molecule has 3 rings (SSSR count). The highest BCUT2D eigenvalue weighted by molar-refractivity contribution is 5.90. The molecule has 0 spiro atoms. The van der Waals surface area contributed by atoms with E-state index in [0.29, 0.717) is 23.0 Å². The predicted molar refractivity (Wildman–Crippen MR) is 118 cm³/mol. The van der Waals surface area contributed by atoms with Gasteiger partial charge >= 0.3 is 6.09 Å². The summed E-state index contributed by atoms with van der Waals surface area (Å²) >= 11 is 0. The summed E-state index contributed by atoms with van der Waals surface area (Å²) in [5, 5.41) is 6.64. The van der Waals surface area contributed by atoms with Gasteiger partial charge in [-0.2, -0.15) is 4.98 Å². The first-order valence-electron chi connectivity index (χ1n) is 9.92. The van der Waals surface area contributed by atoms with Crippen molar-refractivity contribution < 1.29 is 9.53 Å². The number of pyridine rings is 1. The van der Waals surface area contributed by atoms with Gasteiger partial charge in [-0.05, 0) is 52.3 Å². The second-order valence-corrected chi connectivity index (χ2v) is 8.07. The summed E-state index contributed by atoms with van der Waals surface area (Å²) in [6.07, 6.45) is 1.92. The standard InChI is InChI=1S/C22H27N5O3/c1-6-14(2)27-18(28)12-11-15-13-23-20(26-19(15)27)24-16-9-7-8-10-17(16)25-21(29)30-22(3,4)5/h7-14H,6H2,1-5H3,(H,25,29)(H,23,24,26). The van der Waals surface area contributed by atoms with Gasteiger partial charge in [-0.15, -0.1) is 0 Å². The number of fused-ring (bicyclic) bond motifs is 1. The summed E-state index contributed by atoms with van der Waals surface area (Å²) in [5.41, 5.74) is 0.993. The minimum atomic E-state index is -0.604. The van der Waals surface area contributed by atoms with Gasteiger partial charge < -0.3 is 10.1 Å². The van der Waals surface area contributed by atoms with E-state index in [4.69, 9.17) is 4.74 Å². The molecule has 8 heteroatoms. The van der Waals surface area contributed by atoms with Crippen molar-refractivity contribution in [1.82, 2.24) is 14.5 Å². The zero-order valence-corrected chi connectivity index (χ0v) is 17.9. The van der Waals surface area contributed by atoms with Gasteiger partial charge in [0.25, 0.3) is 5.56 Å². The monoisotopic (exact) mass is 409 g/mol. The summed E-state index contributed by atoms with van der Waals surface area (Å²) in [5.74, 6) is 0.323. The average molecular weight is 409 g/mol. The molecule has 1 atom stereocenters. The van der Waals surface area contributed by atoms with Crippen LogP contribution >= 0.6 is 0 Å². The maximum atomic E-state index is 12.4. The fourth-order valence-electron chi connectivity index (χ4n) is 2.94. The minimum absolute atomic E-state index is 0.00470. The Hall–Kier alpha value is -3.42. The predicted octanol–water partition coefficient (Wildman–Crippen LogP) is 4.85. The third kappa shape index (κ3) is 4.94. The molecule has 30 heavy (non-hydrogen) atoms. The lowest BCUT2D eigenvalue weighted by Gasteiger charge is -2.20. The van der Waals surface area contributed by atoms with E-state index in [-0.39, 0.29) is 11.6 Å². The Bertz CT molecular complexity index is 1120. The van der Waals surface area contributed by atoms with E-state index >= 15 is 0 Å². The highest BCUT2D eigenvalue weighted by atomic mass is 16.6. The lowest BCUT2D eigenvalue weighted by atomic mass is 10.2. The number of hydrogen-bond acceptors (Lipinski definition) is 6. The van der Waals surface area contributed by atoms with Crippen LogP contribution in [0, 0.1) is 0 Å². The van der Waals surface area contributed by atoms with Gasteiger partial charge in [0.1, 0.15) is 11.2 Å². The van der Waals surface area contributed by atoms with E-state index in [9.17, 15) is 9.59 Å². The summed E-state index contributed by atoms with van der Waals surface area (Å²) in [6, 6.07) is 10.4. The number of anilines is 3. The van der Waals surface area contributed by atoms with Crippen LogP contribution in [0.1, 0.15) is 47.1 Å². The molecule has 0 radical (unpaired) electrons. The van der Waals surface area contributed by atoms with E-state index < -0.39 is 11.7 Å². The van der Waals surface area contributed by atoms with Crippen LogP contribution in [0.15, 0.2) is 47.4 Å². The number of carbonyl (C=O) groups excluding carboxylic acids is 1. The number of amides is 1. The lowest BCUT2D eigenvalue weighted by Crippen LogP contribution is -2.27. The third-order valence-electron chi connectivity index (χ3n) is 4.51. The Balaban J connectivity index is 1.94. The number of para-hydroxylation sites is 2. The van der Waals surface area contributed by atoms with Gasteiger partial charge in [-0.3, -0.25) is 14.7 Å². The maximum Gasteiger partial charge on any atom is 0.412 e.